The second-order valence-corrected chi connectivity index (χ2v) is 4.28. The molecule has 0 saturated heterocycles. The van der Waals surface area contributed by atoms with Crippen LogP contribution in [-0.2, 0) is 4.79 Å². The Morgan fingerprint density at radius 1 is 1.05 bits per heavy atom. The van der Waals surface area contributed by atoms with Crippen molar-refractivity contribution in [3.8, 4) is 11.5 Å². The van der Waals surface area contributed by atoms with Crippen LogP contribution >= 0.6 is 0 Å². The highest BCUT2D eigenvalue weighted by atomic mass is 16.6. The first kappa shape index (κ1) is 15.2. The zero-order valence-corrected chi connectivity index (χ0v) is 11.8. The van der Waals surface area contributed by atoms with E-state index >= 15 is 0 Å². The molecule has 0 N–H and O–H groups in total. The fraction of sp³-hybridized carbons (Fsp3) is 0.0625. The van der Waals surface area contributed by atoms with E-state index in [-0.39, 0.29) is 11.4 Å². The van der Waals surface area contributed by atoms with Crippen molar-refractivity contribution in [2.24, 2.45) is 0 Å². The Morgan fingerprint density at radius 2 is 1.64 bits per heavy atom. The van der Waals surface area contributed by atoms with Crippen molar-refractivity contribution in [3.63, 3.8) is 0 Å². The van der Waals surface area contributed by atoms with Crippen LogP contribution in [0.2, 0.25) is 0 Å². The maximum absolute atomic E-state index is 11.7. The lowest BCUT2D eigenvalue weighted by Crippen LogP contribution is -2.03. The summed E-state index contributed by atoms with van der Waals surface area (Å²) >= 11 is 0. The molecule has 0 amide bonds. The highest BCUT2D eigenvalue weighted by Crippen LogP contribution is 2.18. The first-order valence-electron chi connectivity index (χ1n) is 6.37. The molecule has 0 fully saturated rings. The van der Waals surface area contributed by atoms with Gasteiger partial charge in [0, 0.05) is 18.2 Å². The average molecular weight is 299 g/mol. The van der Waals surface area contributed by atoms with Gasteiger partial charge < -0.3 is 9.47 Å². The van der Waals surface area contributed by atoms with Gasteiger partial charge >= 0.3 is 5.97 Å². The molecule has 22 heavy (non-hydrogen) atoms. The van der Waals surface area contributed by atoms with E-state index in [1.807, 2.05) is 0 Å². The molecule has 0 aliphatic carbocycles. The second-order valence-electron chi connectivity index (χ2n) is 4.28. The average Bonchev–Trinajstić information content (AvgIpc) is 2.54. The first-order chi connectivity index (χ1) is 10.6. The maximum atomic E-state index is 11.7. The van der Waals surface area contributed by atoms with E-state index < -0.39 is 10.9 Å². The Labute approximate surface area is 126 Å². The van der Waals surface area contributed by atoms with Gasteiger partial charge in [-0.25, -0.2) is 4.79 Å². The minimum atomic E-state index is -0.565. The number of nitro groups is 1. The topological polar surface area (TPSA) is 78.7 Å². The van der Waals surface area contributed by atoms with Crippen molar-refractivity contribution in [2.45, 2.75) is 0 Å². The molecule has 6 nitrogen and oxygen atoms in total. The van der Waals surface area contributed by atoms with Gasteiger partial charge in [0.25, 0.3) is 5.69 Å². The normalized spacial score (nSPS) is 10.4. The van der Waals surface area contributed by atoms with Gasteiger partial charge in [-0.3, -0.25) is 10.1 Å². The van der Waals surface area contributed by atoms with Crippen LogP contribution in [-0.4, -0.2) is 18.0 Å². The molecule has 0 bridgehead atoms. The van der Waals surface area contributed by atoms with Crippen molar-refractivity contribution in [3.05, 3.63) is 70.3 Å². The van der Waals surface area contributed by atoms with E-state index in [1.165, 1.54) is 30.3 Å². The third-order valence-electron chi connectivity index (χ3n) is 2.79. The molecule has 0 unspecified atom stereocenters. The molecule has 2 rings (SSSR count). The van der Waals surface area contributed by atoms with E-state index in [9.17, 15) is 14.9 Å². The Bertz CT molecular complexity index is 689. The summed E-state index contributed by atoms with van der Waals surface area (Å²) in [5.41, 5.74) is 0.759. The predicted octanol–water partition coefficient (Wildman–Crippen LogP) is 3.22. The summed E-state index contributed by atoms with van der Waals surface area (Å²) in [5.74, 6) is 0.408. The zero-order chi connectivity index (χ0) is 15.9. The van der Waals surface area contributed by atoms with Crippen LogP contribution in [0.25, 0.3) is 6.08 Å². The second kappa shape index (κ2) is 7.03. The monoisotopic (exact) mass is 299 g/mol. The van der Waals surface area contributed by atoms with Crippen molar-refractivity contribution < 1.29 is 19.2 Å². The Morgan fingerprint density at radius 3 is 2.18 bits per heavy atom. The smallest absolute Gasteiger partial charge is 0.336 e. The molecule has 0 aromatic heterocycles. The summed E-state index contributed by atoms with van der Waals surface area (Å²) in [5, 5.41) is 10.5. The minimum Gasteiger partial charge on any atom is -0.497 e. The summed E-state index contributed by atoms with van der Waals surface area (Å²) < 4.78 is 10.1. The van der Waals surface area contributed by atoms with E-state index in [1.54, 1.807) is 37.5 Å². The molecule has 0 atom stereocenters. The Balaban J connectivity index is 1.96. The van der Waals surface area contributed by atoms with Gasteiger partial charge in [-0.05, 0) is 35.9 Å². The molecule has 0 radical (unpaired) electrons. The van der Waals surface area contributed by atoms with Crippen LogP contribution < -0.4 is 9.47 Å². The molecule has 2 aromatic rings. The van der Waals surface area contributed by atoms with Crippen molar-refractivity contribution in [1.82, 2.24) is 0 Å². The quantitative estimate of drug-likeness (QED) is 0.278. The molecule has 0 spiro atoms. The number of carbonyl (C=O) groups excluding carboxylic acids is 1. The van der Waals surface area contributed by atoms with Gasteiger partial charge in [-0.1, -0.05) is 12.1 Å². The van der Waals surface area contributed by atoms with Gasteiger partial charge in [0.15, 0.2) is 0 Å². The third kappa shape index (κ3) is 4.17. The number of hydrogen-bond donors (Lipinski definition) is 0. The third-order valence-corrected chi connectivity index (χ3v) is 2.79. The van der Waals surface area contributed by atoms with E-state index in [2.05, 4.69) is 0 Å². The summed E-state index contributed by atoms with van der Waals surface area (Å²) in [6.45, 7) is 0. The van der Waals surface area contributed by atoms with Crippen LogP contribution in [0.5, 0.6) is 11.5 Å². The van der Waals surface area contributed by atoms with Gasteiger partial charge in [0.05, 0.1) is 12.0 Å². The fourth-order valence-corrected chi connectivity index (χ4v) is 1.67. The van der Waals surface area contributed by atoms with Gasteiger partial charge in [0.1, 0.15) is 11.5 Å². The number of hydrogen-bond acceptors (Lipinski definition) is 5. The largest absolute Gasteiger partial charge is 0.497 e. The molecule has 6 heteroatoms. The highest BCUT2D eigenvalue weighted by Gasteiger charge is 2.06. The number of ether oxygens (including phenoxy) is 2. The standard InChI is InChI=1S/C16H13NO5/c1-21-14-7-2-12(3-8-14)4-11-16(18)22-15-9-5-13(6-10-15)17(19)20/h2-11H,1H3/b11-4+. The van der Waals surface area contributed by atoms with Crippen LogP contribution in [0.15, 0.2) is 54.6 Å². The zero-order valence-electron chi connectivity index (χ0n) is 11.8. The lowest BCUT2D eigenvalue weighted by atomic mass is 10.2. The summed E-state index contributed by atoms with van der Waals surface area (Å²) in [6, 6.07) is 12.5. The van der Waals surface area contributed by atoms with Crippen molar-refractivity contribution >= 4 is 17.7 Å². The Hall–Kier alpha value is -3.15. The summed E-state index contributed by atoms with van der Waals surface area (Å²) in [7, 11) is 1.58. The van der Waals surface area contributed by atoms with E-state index in [0.717, 1.165) is 11.3 Å². The summed E-state index contributed by atoms with van der Waals surface area (Å²) in [4.78, 5) is 21.7. The van der Waals surface area contributed by atoms with Crippen LogP contribution in [0.4, 0.5) is 5.69 Å². The minimum absolute atomic E-state index is 0.0615. The van der Waals surface area contributed by atoms with Crippen molar-refractivity contribution in [2.75, 3.05) is 7.11 Å². The molecule has 0 saturated carbocycles. The van der Waals surface area contributed by atoms with E-state index in [0.29, 0.717) is 0 Å². The van der Waals surface area contributed by atoms with Crippen molar-refractivity contribution in [1.29, 1.82) is 0 Å². The van der Waals surface area contributed by atoms with E-state index in [4.69, 9.17) is 9.47 Å². The number of methoxy groups -OCH3 is 1. The molecule has 0 aliphatic rings. The first-order valence-corrected chi connectivity index (χ1v) is 6.37. The maximum Gasteiger partial charge on any atom is 0.336 e. The summed E-state index contributed by atoms with van der Waals surface area (Å²) in [6.07, 6.45) is 2.89. The lowest BCUT2D eigenvalue weighted by Gasteiger charge is -2.01. The van der Waals surface area contributed by atoms with Gasteiger partial charge in [0.2, 0.25) is 0 Å². The lowest BCUT2D eigenvalue weighted by molar-refractivity contribution is -0.384. The highest BCUT2D eigenvalue weighted by molar-refractivity contribution is 5.88. The number of non-ortho nitro benzene ring substituents is 1. The number of nitro benzene ring substituents is 1. The number of benzene rings is 2. The SMILES string of the molecule is COc1ccc(/C=C/C(=O)Oc2ccc([N+](=O)[O-])cc2)cc1. The molecular formula is C16H13NO5. The number of carbonyl (C=O) groups is 1. The number of nitrogens with zero attached hydrogens (tertiary/aromatic N) is 1. The number of esters is 1. The molecular weight excluding hydrogens is 286 g/mol. The van der Waals surface area contributed by atoms with Gasteiger partial charge in [-0.2, -0.15) is 0 Å². The Kier molecular flexibility index (Phi) is 4.87. The predicted molar refractivity (Wildman–Crippen MR) is 80.8 cm³/mol. The molecule has 2 aromatic carbocycles. The van der Waals surface area contributed by atoms with Crippen LogP contribution in [0, 0.1) is 10.1 Å². The molecule has 112 valence electrons. The molecule has 0 heterocycles. The van der Waals surface area contributed by atoms with Crippen LogP contribution in [0.3, 0.4) is 0 Å². The van der Waals surface area contributed by atoms with Gasteiger partial charge in [-0.15, -0.1) is 0 Å². The van der Waals surface area contributed by atoms with Crippen LogP contribution in [0.1, 0.15) is 5.56 Å². The molecule has 0 aliphatic heterocycles. The number of rotatable bonds is 5. The fourth-order valence-electron chi connectivity index (χ4n) is 1.67.